The van der Waals surface area contributed by atoms with Crippen LogP contribution in [0.25, 0.3) is 6.08 Å². The van der Waals surface area contributed by atoms with Crippen molar-refractivity contribution in [1.82, 2.24) is 0 Å². The molecule has 0 fully saturated rings. The molecule has 0 aliphatic heterocycles. The monoisotopic (exact) mass is 412 g/mol. The van der Waals surface area contributed by atoms with Gasteiger partial charge in [0.15, 0.2) is 0 Å². The molecular formula is C19H15Cl2FO5. The molecule has 0 aromatic heterocycles. The first-order valence-electron chi connectivity index (χ1n) is 7.60. The van der Waals surface area contributed by atoms with Gasteiger partial charge in [-0.15, -0.1) is 0 Å². The van der Waals surface area contributed by atoms with Crippen LogP contribution in [0.5, 0.6) is 5.75 Å². The van der Waals surface area contributed by atoms with Crippen LogP contribution in [0.2, 0.25) is 10.0 Å². The molecule has 27 heavy (non-hydrogen) atoms. The minimum atomic E-state index is -0.887. The van der Waals surface area contributed by atoms with Gasteiger partial charge >= 0.3 is 11.9 Å². The van der Waals surface area contributed by atoms with Gasteiger partial charge in [-0.25, -0.2) is 14.0 Å². The predicted molar refractivity (Wildman–Crippen MR) is 99.2 cm³/mol. The Morgan fingerprint density at radius 1 is 1.04 bits per heavy atom. The highest BCUT2D eigenvalue weighted by Crippen LogP contribution is 2.34. The third-order valence-electron chi connectivity index (χ3n) is 3.44. The minimum Gasteiger partial charge on any atom is -0.487 e. The van der Waals surface area contributed by atoms with Crippen molar-refractivity contribution in [1.29, 1.82) is 0 Å². The first-order chi connectivity index (χ1) is 12.8. The molecule has 2 aromatic rings. The molecule has 2 aromatic carbocycles. The van der Waals surface area contributed by atoms with Gasteiger partial charge in [-0.3, -0.25) is 0 Å². The van der Waals surface area contributed by atoms with E-state index in [9.17, 15) is 14.0 Å². The molecule has 0 saturated carbocycles. The summed E-state index contributed by atoms with van der Waals surface area (Å²) in [4.78, 5) is 23.8. The summed E-state index contributed by atoms with van der Waals surface area (Å²) in [7, 11) is 2.27. The lowest BCUT2D eigenvalue weighted by molar-refractivity contribution is -0.143. The summed E-state index contributed by atoms with van der Waals surface area (Å²) in [6.45, 7) is 0.0776. The smallest absolute Gasteiger partial charge is 0.345 e. The van der Waals surface area contributed by atoms with Gasteiger partial charge in [-0.2, -0.15) is 0 Å². The molecule has 0 atom stereocenters. The maximum atomic E-state index is 13.0. The molecule has 0 aliphatic carbocycles. The zero-order valence-electron chi connectivity index (χ0n) is 14.4. The second-order valence-electron chi connectivity index (χ2n) is 5.26. The van der Waals surface area contributed by atoms with Crippen LogP contribution in [-0.2, 0) is 25.7 Å². The quantitative estimate of drug-likeness (QED) is 0.303. The van der Waals surface area contributed by atoms with Crippen LogP contribution in [0.15, 0.2) is 42.0 Å². The first-order valence-corrected chi connectivity index (χ1v) is 8.36. The van der Waals surface area contributed by atoms with E-state index in [-0.39, 0.29) is 39.4 Å². The van der Waals surface area contributed by atoms with Crippen molar-refractivity contribution in [2.24, 2.45) is 0 Å². The van der Waals surface area contributed by atoms with Crippen LogP contribution in [0.3, 0.4) is 0 Å². The Bertz CT molecular complexity index is 860. The molecule has 0 unspecified atom stereocenters. The maximum absolute atomic E-state index is 13.0. The Morgan fingerprint density at radius 3 is 2.19 bits per heavy atom. The summed E-state index contributed by atoms with van der Waals surface area (Å²) in [6.07, 6.45) is 1.22. The van der Waals surface area contributed by atoms with E-state index in [1.807, 2.05) is 0 Å². The fraction of sp³-hybridized carbons (Fsp3) is 0.158. The molecule has 8 heteroatoms. The summed E-state index contributed by atoms with van der Waals surface area (Å²) >= 11 is 12.2. The maximum Gasteiger partial charge on any atom is 0.345 e. The van der Waals surface area contributed by atoms with Crippen LogP contribution in [0, 0.1) is 5.82 Å². The second-order valence-corrected chi connectivity index (χ2v) is 6.11. The lowest BCUT2D eigenvalue weighted by Crippen LogP contribution is -2.15. The molecule has 0 radical (unpaired) electrons. The molecule has 0 bridgehead atoms. The Kier molecular flexibility index (Phi) is 7.21. The molecule has 0 heterocycles. The molecule has 0 spiro atoms. The van der Waals surface area contributed by atoms with Gasteiger partial charge in [0.1, 0.15) is 23.7 Å². The normalized spacial score (nSPS) is 10.1. The van der Waals surface area contributed by atoms with Crippen molar-refractivity contribution in [3.63, 3.8) is 0 Å². The van der Waals surface area contributed by atoms with Gasteiger partial charge in [-0.1, -0.05) is 35.3 Å². The van der Waals surface area contributed by atoms with Gasteiger partial charge in [0.05, 0.1) is 19.2 Å². The summed E-state index contributed by atoms with van der Waals surface area (Å²) in [5.74, 6) is -1.95. The summed E-state index contributed by atoms with van der Waals surface area (Å²) < 4.78 is 27.9. The SMILES string of the molecule is COC(=O)C(=Cc1cc(Cl)cc(Cl)c1OCc1ccc(F)cc1)C(=O)OC. The highest BCUT2D eigenvalue weighted by atomic mass is 35.5. The third-order valence-corrected chi connectivity index (χ3v) is 3.94. The molecule has 2 rings (SSSR count). The fourth-order valence-electron chi connectivity index (χ4n) is 2.15. The predicted octanol–water partition coefficient (Wildman–Crippen LogP) is 4.44. The van der Waals surface area contributed by atoms with Crippen molar-refractivity contribution >= 4 is 41.2 Å². The number of halogens is 3. The zero-order chi connectivity index (χ0) is 20.0. The van der Waals surface area contributed by atoms with Crippen LogP contribution >= 0.6 is 23.2 Å². The highest BCUT2D eigenvalue weighted by molar-refractivity contribution is 6.36. The number of carbonyl (C=O) groups is 2. The molecular weight excluding hydrogens is 398 g/mol. The lowest BCUT2D eigenvalue weighted by atomic mass is 10.1. The van der Waals surface area contributed by atoms with Crippen molar-refractivity contribution in [2.75, 3.05) is 14.2 Å². The van der Waals surface area contributed by atoms with Crippen LogP contribution in [0.4, 0.5) is 4.39 Å². The van der Waals surface area contributed by atoms with Crippen molar-refractivity contribution in [3.8, 4) is 5.75 Å². The average molecular weight is 413 g/mol. The van der Waals surface area contributed by atoms with Crippen molar-refractivity contribution in [2.45, 2.75) is 6.61 Å². The molecule has 0 N–H and O–H groups in total. The largest absolute Gasteiger partial charge is 0.487 e. The topological polar surface area (TPSA) is 61.8 Å². The Morgan fingerprint density at radius 2 is 1.63 bits per heavy atom. The van der Waals surface area contributed by atoms with E-state index >= 15 is 0 Å². The lowest BCUT2D eigenvalue weighted by Gasteiger charge is -2.13. The van der Waals surface area contributed by atoms with Gasteiger partial charge in [0.25, 0.3) is 0 Å². The Labute approximate surface area is 165 Å². The molecule has 0 saturated heterocycles. The van der Waals surface area contributed by atoms with Crippen LogP contribution in [-0.4, -0.2) is 26.2 Å². The Balaban J connectivity index is 2.42. The summed E-state index contributed by atoms with van der Waals surface area (Å²) in [6, 6.07) is 8.65. The van der Waals surface area contributed by atoms with E-state index in [1.165, 1.54) is 30.3 Å². The number of hydrogen-bond acceptors (Lipinski definition) is 5. The molecule has 0 amide bonds. The number of esters is 2. The van der Waals surface area contributed by atoms with Gasteiger partial charge in [-0.05, 0) is 35.9 Å². The standard InChI is InChI=1S/C19H15Cl2FO5/c1-25-18(23)15(19(24)26-2)8-12-7-13(20)9-16(21)17(12)27-10-11-3-5-14(22)6-4-11/h3-9H,10H2,1-2H3. The van der Waals surface area contributed by atoms with Crippen LogP contribution < -0.4 is 4.74 Å². The number of rotatable bonds is 6. The third kappa shape index (κ3) is 5.45. The van der Waals surface area contributed by atoms with E-state index in [0.29, 0.717) is 5.56 Å². The molecule has 5 nitrogen and oxygen atoms in total. The van der Waals surface area contributed by atoms with E-state index in [1.54, 1.807) is 12.1 Å². The second kappa shape index (κ2) is 9.39. The first kappa shape index (κ1) is 20.7. The van der Waals surface area contributed by atoms with Crippen molar-refractivity contribution < 1.29 is 28.2 Å². The van der Waals surface area contributed by atoms with Gasteiger partial charge in [0, 0.05) is 10.6 Å². The van der Waals surface area contributed by atoms with E-state index in [0.717, 1.165) is 14.2 Å². The molecule has 0 aliphatic rings. The Hall–Kier alpha value is -2.57. The van der Waals surface area contributed by atoms with E-state index in [4.69, 9.17) is 27.9 Å². The highest BCUT2D eigenvalue weighted by Gasteiger charge is 2.21. The van der Waals surface area contributed by atoms with Crippen LogP contribution in [0.1, 0.15) is 11.1 Å². The zero-order valence-corrected chi connectivity index (χ0v) is 15.9. The number of hydrogen-bond donors (Lipinski definition) is 0. The number of methoxy groups -OCH3 is 2. The van der Waals surface area contributed by atoms with Crippen molar-refractivity contribution in [3.05, 3.63) is 69.0 Å². The summed E-state index contributed by atoms with van der Waals surface area (Å²) in [5, 5.41) is 0.444. The number of ether oxygens (including phenoxy) is 3. The van der Waals surface area contributed by atoms with E-state index in [2.05, 4.69) is 9.47 Å². The summed E-state index contributed by atoms with van der Waals surface area (Å²) in [5.41, 5.74) is 0.615. The number of carbonyl (C=O) groups excluding carboxylic acids is 2. The number of benzene rings is 2. The molecule has 142 valence electrons. The fourth-order valence-corrected chi connectivity index (χ4v) is 2.72. The van der Waals surface area contributed by atoms with E-state index < -0.39 is 11.9 Å². The van der Waals surface area contributed by atoms with Gasteiger partial charge < -0.3 is 14.2 Å². The minimum absolute atomic E-state index is 0.0776. The average Bonchev–Trinajstić information content (AvgIpc) is 2.65. The van der Waals surface area contributed by atoms with Gasteiger partial charge in [0.2, 0.25) is 0 Å².